The van der Waals surface area contributed by atoms with Crippen molar-refractivity contribution in [1.29, 1.82) is 0 Å². The molecule has 0 atom stereocenters. The number of hydrogen-bond donors (Lipinski definition) is 2. The van der Waals surface area contributed by atoms with Crippen LogP contribution in [0.4, 0.5) is 0 Å². The lowest BCUT2D eigenvalue weighted by Crippen LogP contribution is -2.33. The number of carboxylic acid groups (broad SMARTS) is 1. The zero-order chi connectivity index (χ0) is 13.9. The van der Waals surface area contributed by atoms with Gasteiger partial charge in [0.2, 0.25) is 0 Å². The first kappa shape index (κ1) is 14.7. The van der Waals surface area contributed by atoms with Gasteiger partial charge >= 0.3 is 5.97 Å². The SMILES string of the molecule is CC(C)C(C)(C)CNCc1c(C(=O)O)cnn1C. The van der Waals surface area contributed by atoms with Crippen LogP contribution in [0.5, 0.6) is 0 Å². The molecule has 0 unspecified atom stereocenters. The molecule has 1 rings (SSSR count). The topological polar surface area (TPSA) is 67.2 Å². The lowest BCUT2D eigenvalue weighted by molar-refractivity contribution is 0.0695. The molecule has 0 saturated carbocycles. The summed E-state index contributed by atoms with van der Waals surface area (Å²) in [4.78, 5) is 11.0. The molecule has 0 aliphatic heterocycles. The number of carbonyl (C=O) groups is 1. The minimum Gasteiger partial charge on any atom is -0.478 e. The Morgan fingerprint density at radius 3 is 2.67 bits per heavy atom. The molecule has 1 aromatic rings. The van der Waals surface area contributed by atoms with Crippen LogP contribution in [-0.4, -0.2) is 27.4 Å². The van der Waals surface area contributed by atoms with Crippen molar-refractivity contribution in [3.05, 3.63) is 17.5 Å². The maximum atomic E-state index is 11.0. The maximum Gasteiger partial charge on any atom is 0.339 e. The molecule has 0 aliphatic rings. The van der Waals surface area contributed by atoms with Crippen LogP contribution in [0.15, 0.2) is 6.20 Å². The molecule has 2 N–H and O–H groups in total. The summed E-state index contributed by atoms with van der Waals surface area (Å²) in [5.41, 5.74) is 1.16. The largest absolute Gasteiger partial charge is 0.478 e. The molecule has 0 spiro atoms. The van der Waals surface area contributed by atoms with Crippen molar-refractivity contribution in [3.63, 3.8) is 0 Å². The summed E-state index contributed by atoms with van der Waals surface area (Å²) < 4.78 is 1.61. The molecule has 5 nitrogen and oxygen atoms in total. The highest BCUT2D eigenvalue weighted by atomic mass is 16.4. The van der Waals surface area contributed by atoms with Crippen LogP contribution in [-0.2, 0) is 13.6 Å². The summed E-state index contributed by atoms with van der Waals surface area (Å²) in [6, 6.07) is 0. The molecule has 102 valence electrons. The molecule has 0 bridgehead atoms. The predicted octanol–water partition coefficient (Wildman–Crippen LogP) is 1.89. The van der Waals surface area contributed by atoms with Gasteiger partial charge < -0.3 is 10.4 Å². The van der Waals surface area contributed by atoms with Gasteiger partial charge in [0.15, 0.2) is 0 Å². The molecule has 0 aromatic carbocycles. The summed E-state index contributed by atoms with van der Waals surface area (Å²) in [5, 5.41) is 16.4. The maximum absolute atomic E-state index is 11.0. The number of nitrogens with zero attached hydrogens (tertiary/aromatic N) is 2. The van der Waals surface area contributed by atoms with Gasteiger partial charge in [-0.05, 0) is 11.3 Å². The molecule has 0 amide bonds. The molecule has 0 saturated heterocycles. The van der Waals surface area contributed by atoms with Gasteiger partial charge in [-0.2, -0.15) is 5.10 Å². The van der Waals surface area contributed by atoms with E-state index in [4.69, 9.17) is 5.11 Å². The molecule has 1 heterocycles. The highest BCUT2D eigenvalue weighted by molar-refractivity contribution is 5.88. The van der Waals surface area contributed by atoms with Crippen LogP contribution in [0, 0.1) is 11.3 Å². The quantitative estimate of drug-likeness (QED) is 0.812. The molecule has 0 aliphatic carbocycles. The number of hydrogen-bond acceptors (Lipinski definition) is 3. The van der Waals surface area contributed by atoms with E-state index in [1.807, 2.05) is 0 Å². The third kappa shape index (κ3) is 3.32. The van der Waals surface area contributed by atoms with Crippen LogP contribution in [0.2, 0.25) is 0 Å². The first-order valence-corrected chi connectivity index (χ1v) is 6.20. The zero-order valence-electron chi connectivity index (χ0n) is 11.8. The van der Waals surface area contributed by atoms with Gasteiger partial charge in [0.1, 0.15) is 5.56 Å². The number of aromatic nitrogens is 2. The second-order valence-corrected chi connectivity index (χ2v) is 5.68. The fourth-order valence-electron chi connectivity index (χ4n) is 1.56. The van der Waals surface area contributed by atoms with E-state index in [1.165, 1.54) is 6.20 Å². The van der Waals surface area contributed by atoms with Crippen LogP contribution in [0.25, 0.3) is 0 Å². The monoisotopic (exact) mass is 253 g/mol. The number of carboxylic acids is 1. The zero-order valence-corrected chi connectivity index (χ0v) is 11.8. The molecular formula is C13H23N3O2. The second-order valence-electron chi connectivity index (χ2n) is 5.68. The van der Waals surface area contributed by atoms with Crippen LogP contribution in [0.1, 0.15) is 43.7 Å². The highest BCUT2D eigenvalue weighted by Crippen LogP contribution is 2.24. The number of nitrogens with one attached hydrogen (secondary N) is 1. The van der Waals surface area contributed by atoms with E-state index in [1.54, 1.807) is 11.7 Å². The van der Waals surface area contributed by atoms with Gasteiger partial charge in [-0.15, -0.1) is 0 Å². The summed E-state index contributed by atoms with van der Waals surface area (Å²) in [5.74, 6) is -0.362. The Morgan fingerprint density at radius 2 is 2.17 bits per heavy atom. The van der Waals surface area contributed by atoms with Crippen molar-refractivity contribution < 1.29 is 9.90 Å². The highest BCUT2D eigenvalue weighted by Gasteiger charge is 2.22. The first-order chi connectivity index (χ1) is 8.25. The minimum atomic E-state index is -0.928. The van der Waals surface area contributed by atoms with Gasteiger partial charge in [-0.1, -0.05) is 27.7 Å². The van der Waals surface area contributed by atoms with Crippen molar-refractivity contribution in [2.45, 2.75) is 34.2 Å². The Hall–Kier alpha value is -1.36. The van der Waals surface area contributed by atoms with E-state index in [0.717, 1.165) is 6.54 Å². The van der Waals surface area contributed by atoms with Crippen molar-refractivity contribution in [2.24, 2.45) is 18.4 Å². The van der Waals surface area contributed by atoms with Crippen molar-refractivity contribution >= 4 is 5.97 Å². The third-order valence-corrected chi connectivity index (χ3v) is 3.73. The molecule has 0 radical (unpaired) electrons. The average Bonchev–Trinajstić information content (AvgIpc) is 2.60. The predicted molar refractivity (Wildman–Crippen MR) is 70.5 cm³/mol. The van der Waals surface area contributed by atoms with Gasteiger partial charge in [0.25, 0.3) is 0 Å². The van der Waals surface area contributed by atoms with Gasteiger partial charge in [0, 0.05) is 20.1 Å². The smallest absolute Gasteiger partial charge is 0.339 e. The van der Waals surface area contributed by atoms with Crippen molar-refractivity contribution in [1.82, 2.24) is 15.1 Å². The Balaban J connectivity index is 2.65. The molecule has 5 heteroatoms. The fourth-order valence-corrected chi connectivity index (χ4v) is 1.56. The Morgan fingerprint density at radius 1 is 1.56 bits per heavy atom. The second kappa shape index (κ2) is 5.52. The summed E-state index contributed by atoms with van der Waals surface area (Å²) >= 11 is 0. The van der Waals surface area contributed by atoms with Gasteiger partial charge in [0.05, 0.1) is 11.9 Å². The lowest BCUT2D eigenvalue weighted by Gasteiger charge is -2.29. The summed E-state index contributed by atoms with van der Waals surface area (Å²) in [7, 11) is 1.76. The average molecular weight is 253 g/mol. The van der Waals surface area contributed by atoms with Crippen LogP contribution >= 0.6 is 0 Å². The summed E-state index contributed by atoms with van der Waals surface area (Å²) in [6.45, 7) is 10.1. The lowest BCUT2D eigenvalue weighted by atomic mass is 9.81. The van der Waals surface area contributed by atoms with Gasteiger partial charge in [-0.25, -0.2) is 4.79 Å². The molecular weight excluding hydrogens is 230 g/mol. The van der Waals surface area contributed by atoms with Crippen molar-refractivity contribution in [3.8, 4) is 0 Å². The normalized spacial score (nSPS) is 12.1. The molecule has 1 aromatic heterocycles. The van der Waals surface area contributed by atoms with E-state index >= 15 is 0 Å². The van der Waals surface area contributed by atoms with Crippen molar-refractivity contribution in [2.75, 3.05) is 6.54 Å². The standard InChI is InChI=1S/C13H23N3O2/c1-9(2)13(3,4)8-14-7-11-10(12(17)18)6-15-16(11)5/h6,9,14H,7-8H2,1-5H3,(H,17,18). The Kier molecular flexibility index (Phi) is 4.51. The summed E-state index contributed by atoms with van der Waals surface area (Å²) in [6.07, 6.45) is 1.40. The third-order valence-electron chi connectivity index (χ3n) is 3.73. The van der Waals surface area contributed by atoms with E-state index in [-0.39, 0.29) is 11.0 Å². The number of rotatable bonds is 6. The number of aromatic carboxylic acids is 1. The van der Waals surface area contributed by atoms with E-state index in [0.29, 0.717) is 18.2 Å². The first-order valence-electron chi connectivity index (χ1n) is 6.20. The van der Waals surface area contributed by atoms with E-state index in [9.17, 15) is 4.79 Å². The number of aryl methyl sites for hydroxylation is 1. The molecule has 18 heavy (non-hydrogen) atoms. The Labute approximate surface area is 108 Å². The molecule has 0 fully saturated rings. The van der Waals surface area contributed by atoms with E-state index < -0.39 is 5.97 Å². The van der Waals surface area contributed by atoms with E-state index in [2.05, 4.69) is 38.1 Å². The fraction of sp³-hybridized carbons (Fsp3) is 0.692. The van der Waals surface area contributed by atoms with Gasteiger partial charge in [-0.3, -0.25) is 4.68 Å². The minimum absolute atomic E-state index is 0.183. The van der Waals surface area contributed by atoms with Crippen LogP contribution in [0.3, 0.4) is 0 Å². The van der Waals surface area contributed by atoms with Crippen LogP contribution < -0.4 is 5.32 Å². The Bertz CT molecular complexity index is 422.